The minimum Gasteiger partial charge on any atom is -0.495 e. The van der Waals surface area contributed by atoms with Crippen LogP contribution in [0.25, 0.3) is 0 Å². The number of benzene rings is 1. The SMILES string of the molecule is COc1ccc(SC(C#N)C(C)C)cc1Cl. The molecule has 0 amide bonds. The highest BCUT2D eigenvalue weighted by atomic mass is 35.5. The minimum absolute atomic E-state index is 0.0514. The Morgan fingerprint density at radius 2 is 2.12 bits per heavy atom. The van der Waals surface area contributed by atoms with E-state index in [0.29, 0.717) is 16.7 Å². The van der Waals surface area contributed by atoms with E-state index in [4.69, 9.17) is 21.6 Å². The van der Waals surface area contributed by atoms with E-state index in [1.165, 1.54) is 11.8 Å². The summed E-state index contributed by atoms with van der Waals surface area (Å²) in [5.41, 5.74) is 0. The number of ether oxygens (including phenoxy) is 1. The fraction of sp³-hybridized carbons (Fsp3) is 0.417. The van der Waals surface area contributed by atoms with Crippen LogP contribution in [0.1, 0.15) is 13.8 Å². The molecular formula is C12H14ClNOS. The van der Waals surface area contributed by atoms with Gasteiger partial charge in [-0.25, -0.2) is 0 Å². The van der Waals surface area contributed by atoms with E-state index < -0.39 is 0 Å². The Bertz CT molecular complexity index is 400. The normalized spacial score (nSPS) is 12.2. The highest BCUT2D eigenvalue weighted by Crippen LogP contribution is 2.33. The van der Waals surface area contributed by atoms with Crippen molar-refractivity contribution in [1.29, 1.82) is 5.26 Å². The smallest absolute Gasteiger partial charge is 0.137 e. The topological polar surface area (TPSA) is 33.0 Å². The zero-order valence-corrected chi connectivity index (χ0v) is 11.1. The number of hydrogen-bond donors (Lipinski definition) is 0. The monoisotopic (exact) mass is 255 g/mol. The van der Waals surface area contributed by atoms with Gasteiger partial charge in [0.25, 0.3) is 0 Å². The van der Waals surface area contributed by atoms with Crippen LogP contribution in [-0.4, -0.2) is 12.4 Å². The minimum atomic E-state index is -0.0514. The fourth-order valence-electron chi connectivity index (χ4n) is 1.18. The van der Waals surface area contributed by atoms with Crippen LogP contribution >= 0.6 is 23.4 Å². The number of nitriles is 1. The molecule has 0 radical (unpaired) electrons. The van der Waals surface area contributed by atoms with E-state index >= 15 is 0 Å². The molecule has 0 saturated carbocycles. The van der Waals surface area contributed by atoms with E-state index in [0.717, 1.165) is 4.90 Å². The van der Waals surface area contributed by atoms with Crippen LogP contribution in [0.4, 0.5) is 0 Å². The quantitative estimate of drug-likeness (QED) is 0.763. The molecule has 2 nitrogen and oxygen atoms in total. The summed E-state index contributed by atoms with van der Waals surface area (Å²) in [4.78, 5) is 0.992. The first-order valence-electron chi connectivity index (χ1n) is 4.98. The first kappa shape index (κ1) is 13.2. The van der Waals surface area contributed by atoms with Crippen molar-refractivity contribution < 1.29 is 4.74 Å². The molecule has 0 aliphatic carbocycles. The van der Waals surface area contributed by atoms with E-state index in [-0.39, 0.29) is 5.25 Å². The lowest BCUT2D eigenvalue weighted by Crippen LogP contribution is -2.07. The van der Waals surface area contributed by atoms with Crippen LogP contribution in [-0.2, 0) is 0 Å². The van der Waals surface area contributed by atoms with Gasteiger partial charge in [-0.15, -0.1) is 11.8 Å². The van der Waals surface area contributed by atoms with Gasteiger partial charge in [0.2, 0.25) is 0 Å². The summed E-state index contributed by atoms with van der Waals surface area (Å²) >= 11 is 7.54. The molecule has 0 bridgehead atoms. The molecule has 0 heterocycles. The highest BCUT2D eigenvalue weighted by molar-refractivity contribution is 8.00. The van der Waals surface area contributed by atoms with E-state index in [1.54, 1.807) is 7.11 Å². The van der Waals surface area contributed by atoms with Crippen LogP contribution < -0.4 is 4.74 Å². The molecule has 0 aliphatic rings. The van der Waals surface area contributed by atoms with Crippen molar-refractivity contribution in [2.24, 2.45) is 5.92 Å². The third-order valence-electron chi connectivity index (χ3n) is 2.12. The molecule has 4 heteroatoms. The van der Waals surface area contributed by atoms with Crippen LogP contribution in [0.2, 0.25) is 5.02 Å². The first-order chi connectivity index (χ1) is 7.58. The Labute approximate surface area is 106 Å². The van der Waals surface area contributed by atoms with Crippen LogP contribution in [0.15, 0.2) is 23.1 Å². The van der Waals surface area contributed by atoms with Gasteiger partial charge in [-0.3, -0.25) is 0 Å². The number of rotatable bonds is 4. The third-order valence-corrected chi connectivity index (χ3v) is 3.84. The van der Waals surface area contributed by atoms with Crippen LogP contribution in [0.5, 0.6) is 5.75 Å². The zero-order valence-electron chi connectivity index (χ0n) is 9.53. The molecular weight excluding hydrogens is 242 g/mol. The molecule has 0 fully saturated rings. The van der Waals surface area contributed by atoms with Gasteiger partial charge in [0, 0.05) is 4.90 Å². The summed E-state index contributed by atoms with van der Waals surface area (Å²) in [6.07, 6.45) is 0. The van der Waals surface area contributed by atoms with Crippen LogP contribution in [0, 0.1) is 17.2 Å². The lowest BCUT2D eigenvalue weighted by atomic mass is 10.1. The van der Waals surface area contributed by atoms with Gasteiger partial charge in [0.1, 0.15) is 5.75 Å². The molecule has 1 unspecified atom stereocenters. The summed E-state index contributed by atoms with van der Waals surface area (Å²) in [5.74, 6) is 0.972. The predicted octanol–water partition coefficient (Wildman–Crippen LogP) is 3.99. The second-order valence-corrected chi connectivity index (χ2v) is 5.33. The molecule has 0 aromatic heterocycles. The van der Waals surface area contributed by atoms with Gasteiger partial charge in [-0.2, -0.15) is 5.26 Å². The summed E-state index contributed by atoms with van der Waals surface area (Å²) in [6, 6.07) is 7.86. The molecule has 0 saturated heterocycles. The Hall–Kier alpha value is -0.850. The van der Waals surface area contributed by atoms with Crippen molar-refractivity contribution in [1.82, 2.24) is 0 Å². The molecule has 1 atom stereocenters. The standard InChI is InChI=1S/C12H14ClNOS/c1-8(2)12(7-14)16-9-4-5-11(15-3)10(13)6-9/h4-6,8,12H,1-3H3. The van der Waals surface area contributed by atoms with E-state index in [1.807, 2.05) is 32.0 Å². The summed E-state index contributed by atoms with van der Waals surface area (Å²) in [5, 5.41) is 9.52. The van der Waals surface area contributed by atoms with Gasteiger partial charge < -0.3 is 4.74 Å². The largest absolute Gasteiger partial charge is 0.495 e. The van der Waals surface area contributed by atoms with Gasteiger partial charge in [0.15, 0.2) is 0 Å². The summed E-state index contributed by atoms with van der Waals surface area (Å²) in [7, 11) is 1.58. The molecule has 86 valence electrons. The average Bonchev–Trinajstić information content (AvgIpc) is 2.25. The third kappa shape index (κ3) is 3.33. The van der Waals surface area contributed by atoms with Gasteiger partial charge >= 0.3 is 0 Å². The number of hydrogen-bond acceptors (Lipinski definition) is 3. The second-order valence-electron chi connectivity index (χ2n) is 3.71. The fourth-order valence-corrected chi connectivity index (χ4v) is 2.45. The van der Waals surface area contributed by atoms with Gasteiger partial charge in [-0.05, 0) is 24.1 Å². The Morgan fingerprint density at radius 1 is 1.44 bits per heavy atom. The zero-order chi connectivity index (χ0) is 12.1. The number of methoxy groups -OCH3 is 1. The summed E-state index contributed by atoms with van der Waals surface area (Å²) in [6.45, 7) is 4.07. The Morgan fingerprint density at radius 3 is 2.56 bits per heavy atom. The molecule has 16 heavy (non-hydrogen) atoms. The molecule has 1 rings (SSSR count). The van der Waals surface area contributed by atoms with Crippen molar-refractivity contribution in [2.45, 2.75) is 24.0 Å². The Kier molecular flexibility index (Phi) is 4.98. The van der Waals surface area contributed by atoms with Gasteiger partial charge in [-0.1, -0.05) is 25.4 Å². The molecule has 0 aliphatic heterocycles. The maximum atomic E-state index is 9.00. The molecule has 1 aromatic rings. The number of nitrogens with zero attached hydrogens (tertiary/aromatic N) is 1. The molecule has 0 N–H and O–H groups in total. The Balaban J connectivity index is 2.83. The molecule has 0 spiro atoms. The predicted molar refractivity (Wildman–Crippen MR) is 68.1 cm³/mol. The van der Waals surface area contributed by atoms with Gasteiger partial charge in [0.05, 0.1) is 23.5 Å². The lowest BCUT2D eigenvalue weighted by molar-refractivity contribution is 0.414. The lowest BCUT2D eigenvalue weighted by Gasteiger charge is -2.13. The van der Waals surface area contributed by atoms with E-state index in [2.05, 4.69) is 6.07 Å². The van der Waals surface area contributed by atoms with Crippen molar-refractivity contribution in [3.05, 3.63) is 23.2 Å². The van der Waals surface area contributed by atoms with Crippen molar-refractivity contribution in [2.75, 3.05) is 7.11 Å². The van der Waals surface area contributed by atoms with Crippen molar-refractivity contribution in [3.63, 3.8) is 0 Å². The van der Waals surface area contributed by atoms with Crippen LogP contribution in [0.3, 0.4) is 0 Å². The maximum Gasteiger partial charge on any atom is 0.137 e. The van der Waals surface area contributed by atoms with Crippen molar-refractivity contribution >= 4 is 23.4 Å². The number of thioether (sulfide) groups is 1. The second kappa shape index (κ2) is 6.03. The maximum absolute atomic E-state index is 9.00. The molecule has 1 aromatic carbocycles. The average molecular weight is 256 g/mol. The highest BCUT2D eigenvalue weighted by Gasteiger charge is 2.14. The van der Waals surface area contributed by atoms with Crippen molar-refractivity contribution in [3.8, 4) is 11.8 Å². The first-order valence-corrected chi connectivity index (χ1v) is 6.24. The summed E-state index contributed by atoms with van der Waals surface area (Å²) < 4.78 is 5.07. The number of halogens is 1. The van der Waals surface area contributed by atoms with E-state index in [9.17, 15) is 0 Å².